The molecule has 0 bridgehead atoms. The first-order valence-electron chi connectivity index (χ1n) is 4.52. The molecule has 1 unspecified atom stereocenters. The molecule has 0 saturated heterocycles. The average Bonchev–Trinajstić information content (AvgIpc) is 2.41. The van der Waals surface area contributed by atoms with Crippen LogP contribution in [0, 0.1) is 5.92 Å². The highest BCUT2D eigenvalue weighted by molar-refractivity contribution is 9.11. The molecule has 0 amide bonds. The van der Waals surface area contributed by atoms with Crippen LogP contribution in [0.15, 0.2) is 3.79 Å². The van der Waals surface area contributed by atoms with Crippen LogP contribution in [0.25, 0.3) is 0 Å². The van der Waals surface area contributed by atoms with Crippen molar-refractivity contribution in [1.29, 1.82) is 0 Å². The lowest BCUT2D eigenvalue weighted by Gasteiger charge is -2.24. The van der Waals surface area contributed by atoms with Gasteiger partial charge in [-0.2, -0.15) is 13.2 Å². The lowest BCUT2D eigenvalue weighted by atomic mass is 9.88. The molecule has 6 heteroatoms. The van der Waals surface area contributed by atoms with Gasteiger partial charge in [-0.1, -0.05) is 0 Å². The summed E-state index contributed by atoms with van der Waals surface area (Å²) in [5.41, 5.74) is 7.29. The molecule has 1 aromatic heterocycles. The molecule has 1 heterocycles. The SMILES string of the molecule is Nc1c(Br)sc2c1CCC(C(F)(F)F)C2. The molecule has 1 nitrogen and oxygen atoms in total. The van der Waals surface area contributed by atoms with Gasteiger partial charge in [-0.05, 0) is 40.8 Å². The molecular formula is C9H9BrF3NS. The third-order valence-electron chi connectivity index (χ3n) is 2.72. The normalized spacial score (nSPS) is 21.5. The van der Waals surface area contributed by atoms with Crippen molar-refractivity contribution in [1.82, 2.24) is 0 Å². The zero-order valence-electron chi connectivity index (χ0n) is 7.70. The highest BCUT2D eigenvalue weighted by Gasteiger charge is 2.42. The summed E-state index contributed by atoms with van der Waals surface area (Å²) in [6, 6.07) is 0. The number of anilines is 1. The molecule has 84 valence electrons. The molecule has 2 rings (SSSR count). The van der Waals surface area contributed by atoms with Gasteiger partial charge in [0.15, 0.2) is 0 Å². The standard InChI is InChI=1S/C9H9BrF3NS/c10-8-7(14)5-2-1-4(9(11,12)13)3-6(5)15-8/h4H,1-3,14H2. The molecule has 0 aliphatic heterocycles. The van der Waals surface area contributed by atoms with E-state index in [1.165, 1.54) is 11.3 Å². The number of nitrogens with two attached hydrogens (primary N) is 1. The fraction of sp³-hybridized carbons (Fsp3) is 0.556. The van der Waals surface area contributed by atoms with E-state index in [0.29, 0.717) is 12.1 Å². The van der Waals surface area contributed by atoms with Crippen molar-refractivity contribution < 1.29 is 13.2 Å². The van der Waals surface area contributed by atoms with Gasteiger partial charge in [-0.25, -0.2) is 0 Å². The Balaban J connectivity index is 2.28. The minimum absolute atomic E-state index is 0.0826. The smallest absolute Gasteiger partial charge is 0.392 e. The highest BCUT2D eigenvalue weighted by atomic mass is 79.9. The zero-order chi connectivity index (χ0) is 11.2. The summed E-state index contributed by atoms with van der Waals surface area (Å²) in [6.45, 7) is 0. The highest BCUT2D eigenvalue weighted by Crippen LogP contribution is 2.44. The molecule has 1 aliphatic carbocycles. The van der Waals surface area contributed by atoms with Crippen LogP contribution in [0.2, 0.25) is 0 Å². The van der Waals surface area contributed by atoms with Gasteiger partial charge in [0.25, 0.3) is 0 Å². The fourth-order valence-corrected chi connectivity index (χ4v) is 3.75. The van der Waals surface area contributed by atoms with Crippen LogP contribution in [-0.4, -0.2) is 6.18 Å². The minimum Gasteiger partial charge on any atom is -0.397 e. The second-order valence-corrected chi connectivity index (χ2v) is 6.10. The molecule has 1 aliphatic rings. The van der Waals surface area contributed by atoms with Crippen LogP contribution in [0.1, 0.15) is 16.9 Å². The summed E-state index contributed by atoms with van der Waals surface area (Å²) in [6.07, 6.45) is -3.40. The largest absolute Gasteiger partial charge is 0.397 e. The quantitative estimate of drug-likeness (QED) is 0.775. The van der Waals surface area contributed by atoms with Gasteiger partial charge in [0.05, 0.1) is 15.4 Å². The second-order valence-electron chi connectivity index (χ2n) is 3.67. The van der Waals surface area contributed by atoms with Crippen molar-refractivity contribution in [3.05, 3.63) is 14.2 Å². The summed E-state index contributed by atoms with van der Waals surface area (Å²) in [5.74, 6) is -1.20. The summed E-state index contributed by atoms with van der Waals surface area (Å²) in [4.78, 5) is 0.785. The minimum atomic E-state index is -4.08. The second kappa shape index (κ2) is 3.66. The Morgan fingerprint density at radius 2 is 2.07 bits per heavy atom. The molecule has 1 atom stereocenters. The van der Waals surface area contributed by atoms with Gasteiger partial charge in [0.2, 0.25) is 0 Å². The Morgan fingerprint density at radius 3 is 2.67 bits per heavy atom. The third kappa shape index (κ3) is 2.01. The number of thiophene rings is 1. The van der Waals surface area contributed by atoms with Crippen molar-refractivity contribution in [2.24, 2.45) is 5.92 Å². The predicted octanol–water partition coefficient (Wildman–Crippen LogP) is 3.76. The van der Waals surface area contributed by atoms with Crippen LogP contribution < -0.4 is 5.73 Å². The van der Waals surface area contributed by atoms with Crippen molar-refractivity contribution in [2.45, 2.75) is 25.4 Å². The Morgan fingerprint density at radius 1 is 1.40 bits per heavy atom. The molecule has 0 aromatic carbocycles. The Hall–Kier alpha value is -0.230. The first-order chi connectivity index (χ1) is 6.89. The number of halogens is 4. The molecule has 0 radical (unpaired) electrons. The van der Waals surface area contributed by atoms with Gasteiger partial charge in [-0.3, -0.25) is 0 Å². The van der Waals surface area contributed by atoms with Gasteiger partial charge < -0.3 is 5.73 Å². The van der Waals surface area contributed by atoms with Gasteiger partial charge in [0, 0.05) is 4.88 Å². The van der Waals surface area contributed by atoms with Crippen molar-refractivity contribution >= 4 is 33.0 Å². The van der Waals surface area contributed by atoms with Gasteiger partial charge in [0.1, 0.15) is 0 Å². The Labute approximate surface area is 97.6 Å². The number of fused-ring (bicyclic) bond motifs is 1. The van der Waals surface area contributed by atoms with E-state index >= 15 is 0 Å². The Kier molecular flexibility index (Phi) is 2.75. The van der Waals surface area contributed by atoms with E-state index in [4.69, 9.17) is 5.73 Å². The van der Waals surface area contributed by atoms with E-state index in [9.17, 15) is 13.2 Å². The Bertz CT molecular complexity index is 385. The topological polar surface area (TPSA) is 26.0 Å². The van der Waals surface area contributed by atoms with E-state index in [1.807, 2.05) is 0 Å². The van der Waals surface area contributed by atoms with E-state index in [2.05, 4.69) is 15.9 Å². The maximum atomic E-state index is 12.5. The molecule has 0 spiro atoms. The fourth-order valence-electron chi connectivity index (χ4n) is 1.86. The first-order valence-corrected chi connectivity index (χ1v) is 6.12. The predicted molar refractivity (Wildman–Crippen MR) is 58.0 cm³/mol. The van der Waals surface area contributed by atoms with E-state index in [0.717, 1.165) is 14.2 Å². The van der Waals surface area contributed by atoms with Crippen LogP contribution in [0.4, 0.5) is 18.9 Å². The molecule has 15 heavy (non-hydrogen) atoms. The maximum absolute atomic E-state index is 12.5. The lowest BCUT2D eigenvalue weighted by Crippen LogP contribution is -2.28. The van der Waals surface area contributed by atoms with Crippen molar-refractivity contribution in [3.63, 3.8) is 0 Å². The molecule has 1 aromatic rings. The number of nitrogen functional groups attached to an aromatic ring is 1. The molecule has 0 fully saturated rings. The number of rotatable bonds is 0. The van der Waals surface area contributed by atoms with Crippen molar-refractivity contribution in [3.8, 4) is 0 Å². The summed E-state index contributed by atoms with van der Waals surface area (Å²) >= 11 is 4.59. The molecule has 2 N–H and O–H groups in total. The number of alkyl halides is 3. The summed E-state index contributed by atoms with van der Waals surface area (Å²) in [5, 5.41) is 0. The van der Waals surface area contributed by atoms with Gasteiger partial charge >= 0.3 is 6.18 Å². The molecule has 0 saturated carbocycles. The maximum Gasteiger partial charge on any atom is 0.392 e. The lowest BCUT2D eigenvalue weighted by molar-refractivity contribution is -0.176. The van der Waals surface area contributed by atoms with E-state index in [1.54, 1.807) is 0 Å². The number of hydrogen-bond acceptors (Lipinski definition) is 2. The zero-order valence-corrected chi connectivity index (χ0v) is 10.1. The monoisotopic (exact) mass is 299 g/mol. The van der Waals surface area contributed by atoms with Crippen LogP contribution in [-0.2, 0) is 12.8 Å². The van der Waals surface area contributed by atoms with E-state index < -0.39 is 12.1 Å². The van der Waals surface area contributed by atoms with E-state index in [-0.39, 0.29) is 12.8 Å². The summed E-state index contributed by atoms with van der Waals surface area (Å²) in [7, 11) is 0. The molecular weight excluding hydrogens is 291 g/mol. The van der Waals surface area contributed by atoms with Gasteiger partial charge in [-0.15, -0.1) is 11.3 Å². The average molecular weight is 300 g/mol. The number of hydrogen-bond donors (Lipinski definition) is 1. The summed E-state index contributed by atoms with van der Waals surface area (Å²) < 4.78 is 38.3. The van der Waals surface area contributed by atoms with Crippen LogP contribution >= 0.6 is 27.3 Å². The van der Waals surface area contributed by atoms with Crippen LogP contribution in [0.3, 0.4) is 0 Å². The van der Waals surface area contributed by atoms with Crippen LogP contribution in [0.5, 0.6) is 0 Å². The first kappa shape index (κ1) is 11.3. The third-order valence-corrected chi connectivity index (χ3v) is 4.70. The van der Waals surface area contributed by atoms with Crippen molar-refractivity contribution in [2.75, 3.05) is 5.73 Å².